The molecule has 0 aromatic heterocycles. The van der Waals surface area contributed by atoms with Crippen LogP contribution in [0.2, 0.25) is 0 Å². The number of ether oxygens (including phenoxy) is 1. The highest BCUT2D eigenvalue weighted by molar-refractivity contribution is 5.65. The van der Waals surface area contributed by atoms with Crippen LogP contribution in [0.1, 0.15) is 0 Å². The summed E-state index contributed by atoms with van der Waals surface area (Å²) in [4.78, 5) is 2.40. The van der Waals surface area contributed by atoms with Gasteiger partial charge in [-0.15, -0.1) is 0 Å². The maximum atomic E-state index is 5.84. The molecule has 0 radical (unpaired) electrons. The zero-order valence-electron chi connectivity index (χ0n) is 9.48. The number of morpholine rings is 1. The van der Waals surface area contributed by atoms with E-state index >= 15 is 0 Å². The van der Waals surface area contributed by atoms with E-state index in [1.54, 1.807) is 0 Å². The average molecular weight is 221 g/mol. The van der Waals surface area contributed by atoms with Crippen LogP contribution in [-0.2, 0) is 4.74 Å². The summed E-state index contributed by atoms with van der Waals surface area (Å²) in [5.41, 5.74) is 7.68. The van der Waals surface area contributed by atoms with Gasteiger partial charge in [-0.1, -0.05) is 12.1 Å². The molecule has 0 saturated carbocycles. The van der Waals surface area contributed by atoms with Crippen LogP contribution >= 0.6 is 0 Å². The predicted molar refractivity (Wildman–Crippen MR) is 66.6 cm³/mol. The molecule has 0 aliphatic carbocycles. The topological polar surface area (TPSA) is 50.5 Å². The quantitative estimate of drug-likeness (QED) is 0.745. The van der Waals surface area contributed by atoms with E-state index in [0.29, 0.717) is 0 Å². The summed E-state index contributed by atoms with van der Waals surface area (Å²) in [7, 11) is 0. The lowest BCUT2D eigenvalue weighted by Gasteiger charge is -2.26. The molecule has 1 aliphatic rings. The molecule has 16 heavy (non-hydrogen) atoms. The Kier molecular flexibility index (Phi) is 4.02. The third kappa shape index (κ3) is 3.12. The molecule has 0 atom stereocenters. The minimum absolute atomic E-state index is 0.810. The van der Waals surface area contributed by atoms with Gasteiger partial charge in [-0.25, -0.2) is 0 Å². The molecular weight excluding hydrogens is 202 g/mol. The molecule has 2 rings (SSSR count). The number of anilines is 2. The largest absolute Gasteiger partial charge is 0.397 e. The van der Waals surface area contributed by atoms with Crippen LogP contribution in [0.15, 0.2) is 24.3 Å². The van der Waals surface area contributed by atoms with Gasteiger partial charge in [0.2, 0.25) is 0 Å². The van der Waals surface area contributed by atoms with Gasteiger partial charge in [0.1, 0.15) is 0 Å². The number of rotatable bonds is 4. The molecule has 4 heteroatoms. The number of hydrogen-bond acceptors (Lipinski definition) is 4. The molecule has 1 fully saturated rings. The van der Waals surface area contributed by atoms with Crippen molar-refractivity contribution in [3.05, 3.63) is 24.3 Å². The highest BCUT2D eigenvalue weighted by Gasteiger charge is 2.09. The number of benzene rings is 1. The Morgan fingerprint density at radius 3 is 2.75 bits per heavy atom. The zero-order chi connectivity index (χ0) is 11.2. The molecule has 1 aromatic rings. The van der Waals surface area contributed by atoms with Gasteiger partial charge in [-0.2, -0.15) is 0 Å². The number of nitrogens with two attached hydrogens (primary N) is 1. The maximum absolute atomic E-state index is 5.84. The van der Waals surface area contributed by atoms with Crippen molar-refractivity contribution in [1.29, 1.82) is 0 Å². The second kappa shape index (κ2) is 5.72. The van der Waals surface area contributed by atoms with E-state index in [1.165, 1.54) is 0 Å². The lowest BCUT2D eigenvalue weighted by Crippen LogP contribution is -2.39. The summed E-state index contributed by atoms with van der Waals surface area (Å²) in [5.74, 6) is 0. The SMILES string of the molecule is Nc1ccccc1NCCN1CCOCC1. The molecular formula is C12H19N3O. The van der Waals surface area contributed by atoms with E-state index in [1.807, 2.05) is 24.3 Å². The Morgan fingerprint density at radius 1 is 1.25 bits per heavy atom. The highest BCUT2D eigenvalue weighted by Crippen LogP contribution is 2.15. The van der Waals surface area contributed by atoms with Gasteiger partial charge in [0.25, 0.3) is 0 Å². The molecule has 3 N–H and O–H groups in total. The highest BCUT2D eigenvalue weighted by atomic mass is 16.5. The van der Waals surface area contributed by atoms with Crippen LogP contribution in [0.4, 0.5) is 11.4 Å². The Balaban J connectivity index is 1.73. The van der Waals surface area contributed by atoms with Crippen molar-refractivity contribution in [1.82, 2.24) is 4.90 Å². The Bertz CT molecular complexity index is 324. The van der Waals surface area contributed by atoms with Gasteiger partial charge in [-0.05, 0) is 12.1 Å². The van der Waals surface area contributed by atoms with Crippen LogP contribution in [-0.4, -0.2) is 44.3 Å². The van der Waals surface area contributed by atoms with Gasteiger partial charge in [0.15, 0.2) is 0 Å². The van der Waals surface area contributed by atoms with Crippen molar-refractivity contribution in [2.45, 2.75) is 0 Å². The van der Waals surface area contributed by atoms with Crippen molar-refractivity contribution in [2.24, 2.45) is 0 Å². The Labute approximate surface area is 96.4 Å². The van der Waals surface area contributed by atoms with Gasteiger partial charge in [0, 0.05) is 26.2 Å². The first-order valence-corrected chi connectivity index (χ1v) is 5.75. The second-order valence-corrected chi connectivity index (χ2v) is 3.97. The van der Waals surface area contributed by atoms with E-state index in [-0.39, 0.29) is 0 Å². The molecule has 0 amide bonds. The summed E-state index contributed by atoms with van der Waals surface area (Å²) in [5, 5.41) is 3.35. The summed E-state index contributed by atoms with van der Waals surface area (Å²) in [6, 6.07) is 7.86. The second-order valence-electron chi connectivity index (χ2n) is 3.97. The molecule has 1 aromatic carbocycles. The monoisotopic (exact) mass is 221 g/mol. The molecule has 1 aliphatic heterocycles. The van der Waals surface area contributed by atoms with E-state index in [0.717, 1.165) is 50.8 Å². The number of hydrogen-bond donors (Lipinski definition) is 2. The molecule has 4 nitrogen and oxygen atoms in total. The third-order valence-electron chi connectivity index (χ3n) is 2.81. The van der Waals surface area contributed by atoms with Crippen molar-refractivity contribution in [2.75, 3.05) is 50.4 Å². The van der Waals surface area contributed by atoms with E-state index < -0.39 is 0 Å². The van der Waals surface area contributed by atoms with Crippen molar-refractivity contribution >= 4 is 11.4 Å². The maximum Gasteiger partial charge on any atom is 0.0594 e. The minimum Gasteiger partial charge on any atom is -0.397 e. The van der Waals surface area contributed by atoms with Crippen molar-refractivity contribution < 1.29 is 4.74 Å². The number of nitrogens with one attached hydrogen (secondary N) is 1. The minimum atomic E-state index is 0.810. The van der Waals surface area contributed by atoms with Crippen molar-refractivity contribution in [3.63, 3.8) is 0 Å². The predicted octanol–water partition coefficient (Wildman–Crippen LogP) is 1.01. The lowest BCUT2D eigenvalue weighted by molar-refractivity contribution is 0.0398. The standard InChI is InChI=1S/C12H19N3O/c13-11-3-1-2-4-12(11)14-5-6-15-7-9-16-10-8-15/h1-4,14H,5-10,13H2. The normalized spacial score (nSPS) is 17.2. The average Bonchev–Trinajstić information content (AvgIpc) is 2.33. The summed E-state index contributed by atoms with van der Waals surface area (Å²) >= 11 is 0. The number of nitrogens with zero attached hydrogens (tertiary/aromatic N) is 1. The van der Waals surface area contributed by atoms with Crippen LogP contribution in [0.5, 0.6) is 0 Å². The molecule has 1 heterocycles. The van der Waals surface area contributed by atoms with Crippen molar-refractivity contribution in [3.8, 4) is 0 Å². The van der Waals surface area contributed by atoms with E-state index in [4.69, 9.17) is 10.5 Å². The molecule has 0 unspecified atom stereocenters. The summed E-state index contributed by atoms with van der Waals surface area (Å²) in [6.07, 6.45) is 0. The van der Waals surface area contributed by atoms with Crippen LogP contribution in [0.3, 0.4) is 0 Å². The number of para-hydroxylation sites is 2. The summed E-state index contributed by atoms with van der Waals surface area (Å²) < 4.78 is 5.30. The molecule has 1 saturated heterocycles. The fourth-order valence-corrected chi connectivity index (χ4v) is 1.83. The van der Waals surface area contributed by atoms with Gasteiger partial charge < -0.3 is 15.8 Å². The Hall–Kier alpha value is -1.26. The van der Waals surface area contributed by atoms with Gasteiger partial charge in [0.05, 0.1) is 24.6 Å². The fourth-order valence-electron chi connectivity index (χ4n) is 1.83. The third-order valence-corrected chi connectivity index (χ3v) is 2.81. The Morgan fingerprint density at radius 2 is 2.00 bits per heavy atom. The first kappa shape index (κ1) is 11.2. The molecule has 0 spiro atoms. The smallest absolute Gasteiger partial charge is 0.0594 e. The molecule has 88 valence electrons. The zero-order valence-corrected chi connectivity index (χ0v) is 9.48. The van der Waals surface area contributed by atoms with Gasteiger partial charge in [-0.3, -0.25) is 4.90 Å². The van der Waals surface area contributed by atoms with Gasteiger partial charge >= 0.3 is 0 Å². The first-order valence-electron chi connectivity index (χ1n) is 5.75. The fraction of sp³-hybridized carbons (Fsp3) is 0.500. The summed E-state index contributed by atoms with van der Waals surface area (Å²) in [6.45, 7) is 5.74. The van der Waals surface area contributed by atoms with E-state index in [9.17, 15) is 0 Å². The molecule has 0 bridgehead atoms. The first-order chi connectivity index (χ1) is 7.86. The van der Waals surface area contributed by atoms with Crippen LogP contribution < -0.4 is 11.1 Å². The lowest BCUT2D eigenvalue weighted by atomic mass is 10.2. The van der Waals surface area contributed by atoms with E-state index in [2.05, 4.69) is 10.2 Å². The van der Waals surface area contributed by atoms with Crippen LogP contribution in [0.25, 0.3) is 0 Å². The number of nitrogen functional groups attached to an aromatic ring is 1. The van der Waals surface area contributed by atoms with Crippen LogP contribution in [0, 0.1) is 0 Å².